The van der Waals surface area contributed by atoms with Gasteiger partial charge in [0.2, 0.25) is 10.0 Å². The molecular weight excluding hydrogens is 244 g/mol. The molecule has 2 N–H and O–H groups in total. The highest BCUT2D eigenvalue weighted by Crippen LogP contribution is 2.14. The van der Waals surface area contributed by atoms with Gasteiger partial charge in [-0.1, -0.05) is 6.92 Å². The van der Waals surface area contributed by atoms with Crippen molar-refractivity contribution in [3.8, 4) is 0 Å². The Hall–Kier alpha value is -0.660. The van der Waals surface area contributed by atoms with Gasteiger partial charge in [-0.05, 0) is 12.8 Å². The minimum Gasteiger partial charge on any atom is -0.481 e. The molecule has 0 spiro atoms. The summed E-state index contributed by atoms with van der Waals surface area (Å²) in [6, 6.07) is 0.0461. The largest absolute Gasteiger partial charge is 0.481 e. The van der Waals surface area contributed by atoms with Gasteiger partial charge in [-0.15, -0.1) is 0 Å². The zero-order chi connectivity index (χ0) is 12.9. The number of aliphatic carboxylic acids is 1. The highest BCUT2D eigenvalue weighted by Gasteiger charge is 2.32. The van der Waals surface area contributed by atoms with E-state index in [1.807, 2.05) is 6.92 Å². The Bertz CT molecular complexity index is 351. The van der Waals surface area contributed by atoms with Gasteiger partial charge in [0.15, 0.2) is 0 Å². The van der Waals surface area contributed by atoms with Gasteiger partial charge in [0.25, 0.3) is 0 Å². The summed E-state index contributed by atoms with van der Waals surface area (Å²) in [4.78, 5) is 10.4. The van der Waals surface area contributed by atoms with Crippen molar-refractivity contribution in [1.82, 2.24) is 9.62 Å². The maximum Gasteiger partial charge on any atom is 0.303 e. The molecule has 6 nitrogen and oxygen atoms in total. The molecule has 1 saturated heterocycles. The van der Waals surface area contributed by atoms with Crippen LogP contribution in [-0.2, 0) is 14.8 Å². The predicted octanol–water partition coefficient (Wildman–Crippen LogP) is -0.135. The summed E-state index contributed by atoms with van der Waals surface area (Å²) in [6.07, 6.45) is 0.856. The van der Waals surface area contributed by atoms with Crippen molar-refractivity contribution in [2.45, 2.75) is 32.2 Å². The molecule has 0 atom stereocenters. The van der Waals surface area contributed by atoms with Crippen molar-refractivity contribution >= 4 is 16.0 Å². The van der Waals surface area contributed by atoms with Crippen molar-refractivity contribution in [2.75, 3.05) is 25.4 Å². The molecule has 7 heteroatoms. The molecule has 1 aliphatic heterocycles. The van der Waals surface area contributed by atoms with Crippen LogP contribution in [0.3, 0.4) is 0 Å². The molecule has 1 aliphatic rings. The van der Waals surface area contributed by atoms with Crippen molar-refractivity contribution in [2.24, 2.45) is 0 Å². The molecule has 1 rings (SSSR count). The standard InChI is InChI=1S/C10H20N2O4S/c1-2-5-12(9-7-11-8-9)17(15,16)6-3-4-10(13)14/h9,11H,2-8H2,1H3,(H,13,14). The minimum absolute atomic E-state index is 0.0461. The number of carbonyl (C=O) groups is 1. The lowest BCUT2D eigenvalue weighted by Crippen LogP contribution is -2.59. The van der Waals surface area contributed by atoms with E-state index in [1.165, 1.54) is 4.31 Å². The molecule has 0 radical (unpaired) electrons. The van der Waals surface area contributed by atoms with E-state index in [2.05, 4.69) is 5.32 Å². The van der Waals surface area contributed by atoms with Crippen LogP contribution >= 0.6 is 0 Å². The van der Waals surface area contributed by atoms with Crippen molar-refractivity contribution < 1.29 is 18.3 Å². The molecule has 0 bridgehead atoms. The van der Waals surface area contributed by atoms with E-state index in [-0.39, 0.29) is 24.6 Å². The summed E-state index contributed by atoms with van der Waals surface area (Å²) < 4.78 is 25.6. The number of sulfonamides is 1. The molecule has 0 amide bonds. The molecule has 0 saturated carbocycles. The summed E-state index contributed by atoms with van der Waals surface area (Å²) in [7, 11) is -3.31. The molecule has 0 aliphatic carbocycles. The number of nitrogens with zero attached hydrogens (tertiary/aromatic N) is 1. The molecular formula is C10H20N2O4S. The quantitative estimate of drug-likeness (QED) is 0.637. The highest BCUT2D eigenvalue weighted by molar-refractivity contribution is 7.89. The van der Waals surface area contributed by atoms with Gasteiger partial charge >= 0.3 is 5.97 Å². The fourth-order valence-electron chi connectivity index (χ4n) is 1.77. The first-order valence-corrected chi connectivity index (χ1v) is 7.50. The summed E-state index contributed by atoms with van der Waals surface area (Å²) in [5, 5.41) is 11.5. The van der Waals surface area contributed by atoms with E-state index >= 15 is 0 Å². The lowest BCUT2D eigenvalue weighted by atomic mass is 10.2. The Morgan fingerprint density at radius 1 is 1.47 bits per heavy atom. The second-order valence-corrected chi connectivity index (χ2v) is 6.28. The molecule has 1 fully saturated rings. The fraction of sp³-hybridized carbons (Fsp3) is 0.900. The van der Waals surface area contributed by atoms with Crippen LogP contribution in [0.2, 0.25) is 0 Å². The first-order valence-electron chi connectivity index (χ1n) is 5.89. The lowest BCUT2D eigenvalue weighted by Gasteiger charge is -2.37. The van der Waals surface area contributed by atoms with Gasteiger partial charge in [-0.2, -0.15) is 4.31 Å². The fourth-order valence-corrected chi connectivity index (χ4v) is 3.58. The van der Waals surface area contributed by atoms with Crippen molar-refractivity contribution in [3.63, 3.8) is 0 Å². The van der Waals surface area contributed by atoms with Gasteiger partial charge in [0.05, 0.1) is 5.75 Å². The van der Waals surface area contributed by atoms with Gasteiger partial charge in [0, 0.05) is 32.1 Å². The summed E-state index contributed by atoms with van der Waals surface area (Å²) in [5.74, 6) is -1.02. The smallest absolute Gasteiger partial charge is 0.303 e. The van der Waals surface area contributed by atoms with E-state index in [1.54, 1.807) is 0 Å². The average molecular weight is 264 g/mol. The van der Waals surface area contributed by atoms with Crippen LogP contribution in [0.5, 0.6) is 0 Å². The summed E-state index contributed by atoms with van der Waals surface area (Å²) in [6.45, 7) is 3.84. The summed E-state index contributed by atoms with van der Waals surface area (Å²) in [5.41, 5.74) is 0. The Morgan fingerprint density at radius 2 is 2.12 bits per heavy atom. The van der Waals surface area contributed by atoms with E-state index in [4.69, 9.17) is 5.11 Å². The number of carboxylic acid groups (broad SMARTS) is 1. The first-order chi connectivity index (χ1) is 7.97. The molecule has 0 aromatic rings. The second-order valence-electron chi connectivity index (χ2n) is 4.24. The molecule has 1 heterocycles. The molecule has 100 valence electrons. The maximum absolute atomic E-state index is 12.0. The van der Waals surface area contributed by atoms with Gasteiger partial charge in [-0.25, -0.2) is 8.42 Å². The van der Waals surface area contributed by atoms with E-state index in [0.717, 1.165) is 6.42 Å². The average Bonchev–Trinajstić information content (AvgIpc) is 2.13. The number of nitrogens with one attached hydrogen (secondary N) is 1. The Kier molecular flexibility index (Phi) is 5.35. The Morgan fingerprint density at radius 3 is 2.53 bits per heavy atom. The van der Waals surface area contributed by atoms with Crippen LogP contribution in [0.15, 0.2) is 0 Å². The van der Waals surface area contributed by atoms with Crippen LogP contribution in [0.25, 0.3) is 0 Å². The topological polar surface area (TPSA) is 86.7 Å². The zero-order valence-corrected chi connectivity index (χ0v) is 10.9. The third-order valence-corrected chi connectivity index (χ3v) is 4.76. The monoisotopic (exact) mass is 264 g/mol. The molecule has 0 aromatic carbocycles. The Balaban J connectivity index is 2.54. The first kappa shape index (κ1) is 14.4. The predicted molar refractivity (Wildman–Crippen MR) is 64.3 cm³/mol. The lowest BCUT2D eigenvalue weighted by molar-refractivity contribution is -0.137. The van der Waals surface area contributed by atoms with Crippen LogP contribution < -0.4 is 5.32 Å². The van der Waals surface area contributed by atoms with Crippen LogP contribution in [-0.4, -0.2) is 55.2 Å². The number of rotatable bonds is 8. The number of hydrogen-bond acceptors (Lipinski definition) is 4. The maximum atomic E-state index is 12.0. The zero-order valence-electron chi connectivity index (χ0n) is 10.1. The van der Waals surface area contributed by atoms with E-state index in [9.17, 15) is 13.2 Å². The van der Waals surface area contributed by atoms with Gasteiger partial charge < -0.3 is 10.4 Å². The third kappa shape index (κ3) is 4.25. The number of hydrogen-bond donors (Lipinski definition) is 2. The second kappa shape index (κ2) is 6.32. The van der Waals surface area contributed by atoms with Gasteiger partial charge in [0.1, 0.15) is 0 Å². The normalized spacial score (nSPS) is 17.1. The minimum atomic E-state index is -3.31. The van der Waals surface area contributed by atoms with Crippen LogP contribution in [0.1, 0.15) is 26.2 Å². The molecule has 0 unspecified atom stereocenters. The van der Waals surface area contributed by atoms with Crippen LogP contribution in [0.4, 0.5) is 0 Å². The molecule has 0 aromatic heterocycles. The highest BCUT2D eigenvalue weighted by atomic mass is 32.2. The Labute approximate surface area is 102 Å². The number of carboxylic acids is 1. The van der Waals surface area contributed by atoms with Crippen LogP contribution in [0, 0.1) is 0 Å². The summed E-state index contributed by atoms with van der Waals surface area (Å²) >= 11 is 0. The SMILES string of the molecule is CCCN(C1CNC1)S(=O)(=O)CCCC(=O)O. The van der Waals surface area contributed by atoms with Crippen molar-refractivity contribution in [1.29, 1.82) is 0 Å². The van der Waals surface area contributed by atoms with E-state index in [0.29, 0.717) is 19.6 Å². The molecule has 17 heavy (non-hydrogen) atoms. The third-order valence-electron chi connectivity index (χ3n) is 2.76. The van der Waals surface area contributed by atoms with Gasteiger partial charge in [-0.3, -0.25) is 4.79 Å². The van der Waals surface area contributed by atoms with E-state index < -0.39 is 16.0 Å². The van der Waals surface area contributed by atoms with Crippen molar-refractivity contribution in [3.05, 3.63) is 0 Å².